The highest BCUT2D eigenvalue weighted by Gasteiger charge is 2.16. The lowest BCUT2D eigenvalue weighted by Gasteiger charge is -2.11. The number of rotatable bonds is 4. The van der Waals surface area contributed by atoms with E-state index in [1.165, 1.54) is 18.3 Å². The van der Waals surface area contributed by atoms with Crippen LogP contribution in [0.2, 0.25) is 0 Å². The maximum Gasteiger partial charge on any atom is 0.309 e. The van der Waals surface area contributed by atoms with Crippen LogP contribution in [0.15, 0.2) is 60.8 Å². The molecule has 120 valence electrons. The van der Waals surface area contributed by atoms with E-state index >= 15 is 0 Å². The molecule has 24 heavy (non-hydrogen) atoms. The van der Waals surface area contributed by atoms with Crippen molar-refractivity contribution < 1.29 is 18.7 Å². The average Bonchev–Trinajstić information content (AvgIpc) is 2.56. The van der Waals surface area contributed by atoms with Crippen molar-refractivity contribution >= 4 is 5.97 Å². The predicted molar refractivity (Wildman–Crippen MR) is 86.4 cm³/mol. The first kappa shape index (κ1) is 15.8. The number of carboxylic acid groups (broad SMARTS) is 1. The van der Waals surface area contributed by atoms with Gasteiger partial charge in [-0.2, -0.15) is 0 Å². The monoisotopic (exact) mass is 325 g/mol. The summed E-state index contributed by atoms with van der Waals surface area (Å²) in [5, 5.41) is 9.04. The van der Waals surface area contributed by atoms with Gasteiger partial charge in [0.15, 0.2) is 0 Å². The van der Waals surface area contributed by atoms with Crippen LogP contribution in [0.4, 0.5) is 8.78 Å². The molecule has 3 nitrogen and oxygen atoms in total. The van der Waals surface area contributed by atoms with Crippen molar-refractivity contribution in [2.75, 3.05) is 0 Å². The zero-order valence-corrected chi connectivity index (χ0v) is 12.5. The largest absolute Gasteiger partial charge is 0.481 e. The van der Waals surface area contributed by atoms with Gasteiger partial charge < -0.3 is 5.11 Å². The molecule has 0 saturated heterocycles. The Morgan fingerprint density at radius 1 is 0.917 bits per heavy atom. The van der Waals surface area contributed by atoms with Crippen LogP contribution in [0.1, 0.15) is 5.69 Å². The Kier molecular flexibility index (Phi) is 4.33. The minimum absolute atomic E-state index is 0.229. The second kappa shape index (κ2) is 6.58. The predicted octanol–water partition coefficient (Wildman–Crippen LogP) is 4.32. The Morgan fingerprint density at radius 3 is 2.08 bits per heavy atom. The summed E-state index contributed by atoms with van der Waals surface area (Å²) >= 11 is 0. The van der Waals surface area contributed by atoms with Crippen molar-refractivity contribution in [1.29, 1.82) is 0 Å². The molecular formula is C19H13F2NO2. The van der Waals surface area contributed by atoms with Crippen LogP contribution in [-0.4, -0.2) is 16.1 Å². The maximum absolute atomic E-state index is 14.2. The molecule has 5 heteroatoms. The summed E-state index contributed by atoms with van der Waals surface area (Å²) < 4.78 is 28.2. The molecule has 1 heterocycles. The Balaban J connectivity index is 2.20. The van der Waals surface area contributed by atoms with Crippen molar-refractivity contribution in [3.63, 3.8) is 0 Å². The van der Waals surface area contributed by atoms with E-state index in [0.29, 0.717) is 16.7 Å². The quantitative estimate of drug-likeness (QED) is 0.777. The third-order valence-corrected chi connectivity index (χ3v) is 3.64. The number of pyridine rings is 1. The van der Waals surface area contributed by atoms with Crippen LogP contribution in [0.5, 0.6) is 0 Å². The van der Waals surface area contributed by atoms with E-state index < -0.39 is 17.6 Å². The number of hydrogen-bond donors (Lipinski definition) is 1. The SMILES string of the molecule is O=C(O)Cc1ncc(-c2ccccc2F)cc1-c1ccccc1F. The molecule has 0 amide bonds. The van der Waals surface area contributed by atoms with Gasteiger partial charge in [-0.15, -0.1) is 0 Å². The van der Waals surface area contributed by atoms with Crippen LogP contribution in [0, 0.1) is 11.6 Å². The summed E-state index contributed by atoms with van der Waals surface area (Å²) in [5.41, 5.74) is 1.59. The third-order valence-electron chi connectivity index (χ3n) is 3.64. The van der Waals surface area contributed by atoms with E-state index in [9.17, 15) is 13.6 Å². The van der Waals surface area contributed by atoms with Crippen LogP contribution in [-0.2, 0) is 11.2 Å². The fourth-order valence-corrected chi connectivity index (χ4v) is 2.53. The molecular weight excluding hydrogens is 312 g/mol. The highest BCUT2D eigenvalue weighted by molar-refractivity contribution is 5.79. The molecule has 0 aliphatic heterocycles. The number of halogens is 2. The van der Waals surface area contributed by atoms with Gasteiger partial charge >= 0.3 is 5.97 Å². The van der Waals surface area contributed by atoms with E-state index in [2.05, 4.69) is 4.98 Å². The van der Waals surface area contributed by atoms with E-state index in [4.69, 9.17) is 5.11 Å². The number of carboxylic acids is 1. The summed E-state index contributed by atoms with van der Waals surface area (Å²) in [7, 11) is 0. The molecule has 0 saturated carbocycles. The van der Waals surface area contributed by atoms with Gasteiger partial charge in [-0.1, -0.05) is 36.4 Å². The lowest BCUT2D eigenvalue weighted by molar-refractivity contribution is -0.136. The summed E-state index contributed by atoms with van der Waals surface area (Å²) in [5.74, 6) is -1.99. The first-order valence-corrected chi connectivity index (χ1v) is 7.27. The fraction of sp³-hybridized carbons (Fsp3) is 0.0526. The molecule has 0 unspecified atom stereocenters. The molecule has 2 aromatic carbocycles. The molecule has 0 aliphatic carbocycles. The van der Waals surface area contributed by atoms with Gasteiger partial charge in [-0.3, -0.25) is 9.78 Å². The van der Waals surface area contributed by atoms with Gasteiger partial charge in [0, 0.05) is 28.5 Å². The minimum Gasteiger partial charge on any atom is -0.481 e. The van der Waals surface area contributed by atoms with Gasteiger partial charge in [-0.05, 0) is 18.2 Å². The molecule has 0 fully saturated rings. The second-order valence-electron chi connectivity index (χ2n) is 5.25. The molecule has 1 N–H and O–H groups in total. The van der Waals surface area contributed by atoms with E-state index in [0.717, 1.165) is 0 Å². The topological polar surface area (TPSA) is 50.2 Å². The molecule has 0 spiro atoms. The van der Waals surface area contributed by atoms with E-state index in [1.807, 2.05) is 0 Å². The molecule has 3 aromatic rings. The van der Waals surface area contributed by atoms with Crippen molar-refractivity contribution in [2.45, 2.75) is 6.42 Å². The van der Waals surface area contributed by atoms with E-state index in [-0.39, 0.29) is 17.7 Å². The highest BCUT2D eigenvalue weighted by atomic mass is 19.1. The third kappa shape index (κ3) is 3.15. The maximum atomic E-state index is 14.2. The van der Waals surface area contributed by atoms with Crippen molar-refractivity contribution in [2.24, 2.45) is 0 Å². The van der Waals surface area contributed by atoms with Gasteiger partial charge in [0.25, 0.3) is 0 Å². The number of aromatic nitrogens is 1. The molecule has 0 atom stereocenters. The van der Waals surface area contributed by atoms with Gasteiger partial charge in [0.2, 0.25) is 0 Å². The lowest BCUT2D eigenvalue weighted by atomic mass is 9.97. The Bertz CT molecular complexity index is 909. The fourth-order valence-electron chi connectivity index (χ4n) is 2.53. The van der Waals surface area contributed by atoms with Crippen LogP contribution in [0.3, 0.4) is 0 Å². The summed E-state index contributed by atoms with van der Waals surface area (Å²) in [6.45, 7) is 0. The normalized spacial score (nSPS) is 10.6. The second-order valence-corrected chi connectivity index (χ2v) is 5.25. The van der Waals surface area contributed by atoms with Crippen molar-refractivity contribution in [3.05, 3.63) is 78.1 Å². The number of nitrogens with zero attached hydrogens (tertiary/aromatic N) is 1. The standard InChI is InChI=1S/C19H13F2NO2/c20-16-7-3-1-5-13(16)12-9-15(14-6-2-4-8-17(14)21)18(22-11-12)10-19(23)24/h1-9,11H,10H2,(H,23,24). The number of carbonyl (C=O) groups is 1. The minimum atomic E-state index is -1.07. The van der Waals surface area contributed by atoms with Crippen molar-refractivity contribution in [1.82, 2.24) is 4.98 Å². The zero-order valence-electron chi connectivity index (χ0n) is 12.5. The lowest BCUT2D eigenvalue weighted by Crippen LogP contribution is -2.05. The molecule has 3 rings (SSSR count). The molecule has 0 bridgehead atoms. The van der Waals surface area contributed by atoms with Crippen LogP contribution < -0.4 is 0 Å². The first-order valence-electron chi connectivity index (χ1n) is 7.27. The number of aliphatic carboxylic acids is 1. The highest BCUT2D eigenvalue weighted by Crippen LogP contribution is 2.31. The molecule has 0 radical (unpaired) electrons. The van der Waals surface area contributed by atoms with Gasteiger partial charge in [0.05, 0.1) is 12.1 Å². The van der Waals surface area contributed by atoms with Crippen molar-refractivity contribution in [3.8, 4) is 22.3 Å². The van der Waals surface area contributed by atoms with Gasteiger partial charge in [0.1, 0.15) is 11.6 Å². The first-order chi connectivity index (χ1) is 11.6. The summed E-state index contributed by atoms with van der Waals surface area (Å²) in [6.07, 6.45) is 1.06. The van der Waals surface area contributed by atoms with Gasteiger partial charge in [-0.25, -0.2) is 8.78 Å². The number of benzene rings is 2. The smallest absolute Gasteiger partial charge is 0.309 e. The Morgan fingerprint density at radius 2 is 1.50 bits per heavy atom. The van der Waals surface area contributed by atoms with E-state index in [1.54, 1.807) is 42.5 Å². The summed E-state index contributed by atoms with van der Waals surface area (Å²) in [6, 6.07) is 13.8. The average molecular weight is 325 g/mol. The Labute approximate surface area is 137 Å². The zero-order chi connectivity index (χ0) is 17.1. The van der Waals surface area contributed by atoms with Crippen LogP contribution in [0.25, 0.3) is 22.3 Å². The molecule has 0 aliphatic rings. The summed E-state index contributed by atoms with van der Waals surface area (Å²) in [4.78, 5) is 15.2. The molecule has 1 aromatic heterocycles. The number of hydrogen-bond acceptors (Lipinski definition) is 2. The Hall–Kier alpha value is -3.08. The van der Waals surface area contributed by atoms with Crippen LogP contribution >= 0.6 is 0 Å².